The van der Waals surface area contributed by atoms with Crippen LogP contribution < -0.4 is 0 Å². The average molecular weight is 318 g/mol. The molecule has 1 radical (unpaired) electrons. The molecule has 0 atom stereocenters. The Balaban J connectivity index is 2.43. The summed E-state index contributed by atoms with van der Waals surface area (Å²) in [5, 5.41) is 10.8. The molecule has 0 fully saturated rings. The second kappa shape index (κ2) is 5.78. The van der Waals surface area contributed by atoms with Gasteiger partial charge in [0.2, 0.25) is 0 Å². The maximum atomic E-state index is 10.8. The normalized spacial score (nSPS) is 11.3. The summed E-state index contributed by atoms with van der Waals surface area (Å²) in [7, 11) is 0. The van der Waals surface area contributed by atoms with Crippen LogP contribution in [0.15, 0.2) is 53.5 Å². The van der Waals surface area contributed by atoms with Gasteiger partial charge >= 0.3 is 119 Å². The summed E-state index contributed by atoms with van der Waals surface area (Å²) in [6, 6.07) is 14.2. The van der Waals surface area contributed by atoms with Gasteiger partial charge in [0, 0.05) is 0 Å². The summed E-state index contributed by atoms with van der Waals surface area (Å²) in [5.74, 6) is 0. The number of nitro groups is 1. The first-order chi connectivity index (χ1) is 9.08. The van der Waals surface area contributed by atoms with Gasteiger partial charge in [-0.25, -0.2) is 0 Å². The molecule has 0 aliphatic rings. The van der Waals surface area contributed by atoms with Gasteiger partial charge in [-0.2, -0.15) is 0 Å². The third-order valence-corrected chi connectivity index (χ3v) is 3.30. The van der Waals surface area contributed by atoms with Crippen LogP contribution in [0.5, 0.6) is 0 Å². The third-order valence-electron chi connectivity index (χ3n) is 2.65. The van der Waals surface area contributed by atoms with E-state index in [9.17, 15) is 10.1 Å². The van der Waals surface area contributed by atoms with E-state index in [0.29, 0.717) is 4.61 Å². The number of nitrogens with zero attached hydrogens (tertiary/aromatic N) is 2. The quantitative estimate of drug-likeness (QED) is 0.378. The molecule has 5 heteroatoms. The molecule has 0 amide bonds. The zero-order valence-electron chi connectivity index (χ0n) is 10.2. The van der Waals surface area contributed by atoms with Crippen molar-refractivity contribution >= 4 is 32.0 Å². The number of rotatable bonds is 3. The first-order valence-corrected chi connectivity index (χ1v) is 6.50. The Bertz CT molecular complexity index is 639. The van der Waals surface area contributed by atoms with E-state index < -0.39 is 4.92 Å². The predicted octanol–water partition coefficient (Wildman–Crippen LogP) is 3.15. The van der Waals surface area contributed by atoms with E-state index in [-0.39, 0.29) is 5.69 Å². The SMILES string of the molecule is Cc1ccc([N+](=O)[O-])cc1C([Se])=Nc1ccccc1. The summed E-state index contributed by atoms with van der Waals surface area (Å²) in [6.07, 6.45) is 0. The minimum atomic E-state index is -0.404. The van der Waals surface area contributed by atoms with E-state index in [0.717, 1.165) is 16.8 Å². The third kappa shape index (κ3) is 3.28. The number of non-ortho nitro benzene ring substituents is 1. The van der Waals surface area contributed by atoms with Crippen molar-refractivity contribution in [1.29, 1.82) is 0 Å². The molecular formula is C14H11N2O2Se. The van der Waals surface area contributed by atoms with Crippen molar-refractivity contribution in [3.63, 3.8) is 0 Å². The fourth-order valence-electron chi connectivity index (χ4n) is 1.63. The van der Waals surface area contributed by atoms with E-state index in [4.69, 9.17) is 0 Å². The number of aryl methyl sites for hydroxylation is 1. The number of benzene rings is 2. The molecule has 0 saturated heterocycles. The van der Waals surface area contributed by atoms with Gasteiger partial charge in [0.15, 0.2) is 0 Å². The van der Waals surface area contributed by atoms with E-state index >= 15 is 0 Å². The topological polar surface area (TPSA) is 55.5 Å². The molecule has 0 aliphatic carbocycles. The van der Waals surface area contributed by atoms with Crippen molar-refractivity contribution in [3.05, 3.63) is 69.8 Å². The van der Waals surface area contributed by atoms with Gasteiger partial charge in [-0.05, 0) is 0 Å². The second-order valence-corrected chi connectivity index (χ2v) is 4.82. The van der Waals surface area contributed by atoms with Gasteiger partial charge in [-0.15, -0.1) is 0 Å². The Morgan fingerprint density at radius 1 is 1.21 bits per heavy atom. The standard InChI is InChI=1S/C14H11N2O2Se/c1-10-7-8-12(16(17)18)9-13(10)14(19)15-11-5-3-2-4-6-11/h2-9H,1H3. The molecular weight excluding hydrogens is 307 g/mol. The van der Waals surface area contributed by atoms with E-state index in [2.05, 4.69) is 21.0 Å². The number of hydrogen-bond acceptors (Lipinski definition) is 3. The van der Waals surface area contributed by atoms with Gasteiger partial charge in [0.05, 0.1) is 0 Å². The Kier molecular flexibility index (Phi) is 4.09. The molecule has 0 saturated carbocycles. The molecule has 0 spiro atoms. The Morgan fingerprint density at radius 2 is 1.89 bits per heavy atom. The molecule has 0 bridgehead atoms. The molecule has 2 aromatic rings. The molecule has 0 aromatic heterocycles. The summed E-state index contributed by atoms with van der Waals surface area (Å²) in [5.41, 5.74) is 2.57. The van der Waals surface area contributed by atoms with Crippen molar-refractivity contribution in [2.45, 2.75) is 6.92 Å². The van der Waals surface area contributed by atoms with Crippen molar-refractivity contribution in [2.24, 2.45) is 4.99 Å². The molecule has 4 nitrogen and oxygen atoms in total. The predicted molar refractivity (Wildman–Crippen MR) is 76.2 cm³/mol. The number of nitro benzene ring substituents is 1. The van der Waals surface area contributed by atoms with Crippen molar-refractivity contribution in [2.75, 3.05) is 0 Å². The van der Waals surface area contributed by atoms with Crippen molar-refractivity contribution < 1.29 is 4.92 Å². The summed E-state index contributed by atoms with van der Waals surface area (Å²) in [4.78, 5) is 14.8. The molecule has 0 aliphatic heterocycles. The molecule has 2 aromatic carbocycles. The van der Waals surface area contributed by atoms with Crippen LogP contribution in [0.25, 0.3) is 0 Å². The average Bonchev–Trinajstić information content (AvgIpc) is 2.40. The van der Waals surface area contributed by atoms with Crippen LogP contribution in [-0.2, 0) is 0 Å². The Labute approximate surface area is 119 Å². The zero-order chi connectivity index (χ0) is 13.8. The fourth-order valence-corrected chi connectivity index (χ4v) is 2.32. The van der Waals surface area contributed by atoms with Gasteiger partial charge in [0.1, 0.15) is 0 Å². The van der Waals surface area contributed by atoms with Crippen molar-refractivity contribution in [3.8, 4) is 0 Å². The van der Waals surface area contributed by atoms with Crippen LogP contribution in [-0.4, -0.2) is 25.5 Å². The molecule has 95 valence electrons. The van der Waals surface area contributed by atoms with E-state index in [1.54, 1.807) is 6.07 Å². The van der Waals surface area contributed by atoms with Crippen LogP contribution in [0.4, 0.5) is 11.4 Å². The molecule has 19 heavy (non-hydrogen) atoms. The summed E-state index contributed by atoms with van der Waals surface area (Å²) in [6.45, 7) is 1.90. The monoisotopic (exact) mass is 319 g/mol. The molecule has 0 unspecified atom stereocenters. The first-order valence-electron chi connectivity index (χ1n) is 5.64. The van der Waals surface area contributed by atoms with E-state index in [1.807, 2.05) is 37.3 Å². The second-order valence-electron chi connectivity index (χ2n) is 4.01. The molecule has 2 rings (SSSR count). The van der Waals surface area contributed by atoms with Crippen LogP contribution in [0.1, 0.15) is 11.1 Å². The molecule has 0 N–H and O–H groups in total. The van der Waals surface area contributed by atoms with Crippen LogP contribution >= 0.6 is 0 Å². The van der Waals surface area contributed by atoms with Gasteiger partial charge < -0.3 is 0 Å². The maximum absolute atomic E-state index is 10.8. The van der Waals surface area contributed by atoms with Crippen LogP contribution in [0.3, 0.4) is 0 Å². The number of para-hydroxylation sites is 1. The van der Waals surface area contributed by atoms with Gasteiger partial charge in [-0.1, -0.05) is 0 Å². The Morgan fingerprint density at radius 3 is 2.53 bits per heavy atom. The summed E-state index contributed by atoms with van der Waals surface area (Å²) < 4.78 is 0.646. The fraction of sp³-hybridized carbons (Fsp3) is 0.0714. The van der Waals surface area contributed by atoms with Crippen LogP contribution in [0, 0.1) is 17.0 Å². The number of aliphatic imine (C=N–C) groups is 1. The summed E-state index contributed by atoms with van der Waals surface area (Å²) >= 11 is 2.88. The molecule has 0 heterocycles. The van der Waals surface area contributed by atoms with Gasteiger partial charge in [-0.3, -0.25) is 0 Å². The van der Waals surface area contributed by atoms with Crippen LogP contribution in [0.2, 0.25) is 0 Å². The minimum absolute atomic E-state index is 0.0663. The first kappa shape index (κ1) is 13.5. The van der Waals surface area contributed by atoms with Gasteiger partial charge in [0.25, 0.3) is 0 Å². The van der Waals surface area contributed by atoms with Crippen molar-refractivity contribution in [1.82, 2.24) is 0 Å². The Hall–Kier alpha value is -1.97. The van der Waals surface area contributed by atoms with E-state index in [1.165, 1.54) is 12.1 Å². The number of hydrogen-bond donors (Lipinski definition) is 0. The zero-order valence-corrected chi connectivity index (χ0v) is 12.0.